The van der Waals surface area contributed by atoms with Crippen molar-refractivity contribution in [3.63, 3.8) is 0 Å². The number of likely N-dealkylation sites (tertiary alicyclic amines) is 1. The van der Waals surface area contributed by atoms with Crippen LogP contribution < -0.4 is 4.74 Å². The average Bonchev–Trinajstić information content (AvgIpc) is 2.67. The molecule has 126 valence electrons. The summed E-state index contributed by atoms with van der Waals surface area (Å²) in [4.78, 5) is 14.5. The number of nitrogens with zero attached hydrogens (tertiary/aromatic N) is 3. The molecule has 6 heteroatoms. The lowest BCUT2D eigenvalue weighted by atomic mass is 10.0. The fraction of sp³-hybridized carbons (Fsp3) is 0.389. The third-order valence-electron chi connectivity index (χ3n) is 4.38. The van der Waals surface area contributed by atoms with Gasteiger partial charge in [-0.15, -0.1) is 10.2 Å². The van der Waals surface area contributed by atoms with E-state index in [2.05, 4.69) is 10.2 Å². The number of methoxy groups -OCH3 is 1. The molecule has 1 aromatic carbocycles. The molecule has 0 saturated carbocycles. The molecule has 6 nitrogen and oxygen atoms in total. The van der Waals surface area contributed by atoms with Gasteiger partial charge in [-0.3, -0.25) is 4.79 Å². The smallest absolute Gasteiger partial charge is 0.254 e. The van der Waals surface area contributed by atoms with E-state index in [1.165, 1.54) is 0 Å². The lowest BCUT2D eigenvalue weighted by Crippen LogP contribution is -2.45. The molecule has 24 heavy (non-hydrogen) atoms. The molecule has 1 atom stereocenters. The van der Waals surface area contributed by atoms with E-state index in [-0.39, 0.29) is 18.6 Å². The molecule has 1 aliphatic heterocycles. The van der Waals surface area contributed by atoms with Crippen molar-refractivity contribution in [1.82, 2.24) is 15.1 Å². The molecule has 1 aromatic heterocycles. The van der Waals surface area contributed by atoms with E-state index >= 15 is 0 Å². The van der Waals surface area contributed by atoms with E-state index in [9.17, 15) is 9.90 Å². The molecule has 1 amide bonds. The maximum atomic E-state index is 12.7. The van der Waals surface area contributed by atoms with Gasteiger partial charge >= 0.3 is 0 Å². The molecular formula is C18H21N3O3. The van der Waals surface area contributed by atoms with E-state index in [0.29, 0.717) is 18.0 Å². The molecule has 1 fully saturated rings. The minimum absolute atomic E-state index is 0.0191. The normalized spacial score (nSPS) is 17.6. The lowest BCUT2D eigenvalue weighted by molar-refractivity contribution is 0.0503. The first kappa shape index (κ1) is 16.4. The molecule has 3 rings (SSSR count). The predicted molar refractivity (Wildman–Crippen MR) is 89.8 cm³/mol. The van der Waals surface area contributed by atoms with Crippen molar-refractivity contribution < 1.29 is 14.6 Å². The average molecular weight is 327 g/mol. The SMILES string of the molecule is COc1ccc(-c2ccc(C(=O)N3CCCC[C@@H]3CO)cc2)nn1. The van der Waals surface area contributed by atoms with Gasteiger partial charge in [0.25, 0.3) is 5.91 Å². The Balaban J connectivity index is 1.76. The van der Waals surface area contributed by atoms with Crippen molar-refractivity contribution in [3.05, 3.63) is 42.0 Å². The number of carbonyl (C=O) groups excluding carboxylic acids is 1. The van der Waals surface area contributed by atoms with E-state index in [0.717, 1.165) is 30.5 Å². The van der Waals surface area contributed by atoms with Crippen LogP contribution in [-0.2, 0) is 0 Å². The maximum Gasteiger partial charge on any atom is 0.254 e. The summed E-state index contributed by atoms with van der Waals surface area (Å²) in [6.45, 7) is 0.723. The van der Waals surface area contributed by atoms with Crippen LogP contribution in [0.3, 0.4) is 0 Å². The highest BCUT2D eigenvalue weighted by Crippen LogP contribution is 2.22. The highest BCUT2D eigenvalue weighted by atomic mass is 16.5. The molecule has 0 bridgehead atoms. The van der Waals surface area contributed by atoms with Gasteiger partial charge in [-0.25, -0.2) is 0 Å². The zero-order valence-electron chi connectivity index (χ0n) is 13.7. The fourth-order valence-electron chi connectivity index (χ4n) is 2.99. The van der Waals surface area contributed by atoms with Crippen molar-refractivity contribution in [1.29, 1.82) is 0 Å². The van der Waals surface area contributed by atoms with Gasteiger partial charge in [0, 0.05) is 23.7 Å². The monoisotopic (exact) mass is 327 g/mol. The van der Waals surface area contributed by atoms with Crippen LogP contribution in [0, 0.1) is 0 Å². The lowest BCUT2D eigenvalue weighted by Gasteiger charge is -2.34. The predicted octanol–water partition coefficient (Wildman–Crippen LogP) is 2.14. The molecule has 0 unspecified atom stereocenters. The molecule has 0 aliphatic carbocycles. The van der Waals surface area contributed by atoms with Crippen molar-refractivity contribution in [2.75, 3.05) is 20.3 Å². The number of aromatic nitrogens is 2. The first-order valence-corrected chi connectivity index (χ1v) is 8.13. The van der Waals surface area contributed by atoms with Crippen molar-refractivity contribution >= 4 is 5.91 Å². The van der Waals surface area contributed by atoms with E-state index < -0.39 is 0 Å². The van der Waals surface area contributed by atoms with Gasteiger partial charge in [0.2, 0.25) is 5.88 Å². The van der Waals surface area contributed by atoms with Crippen LogP contribution in [0.4, 0.5) is 0 Å². The number of piperidine rings is 1. The van der Waals surface area contributed by atoms with Gasteiger partial charge in [0.05, 0.1) is 25.5 Å². The molecule has 0 radical (unpaired) electrons. The fourth-order valence-corrected chi connectivity index (χ4v) is 2.99. The first-order chi connectivity index (χ1) is 11.7. The van der Waals surface area contributed by atoms with Crippen LogP contribution in [0.5, 0.6) is 5.88 Å². The number of amides is 1. The van der Waals surface area contributed by atoms with Crippen LogP contribution >= 0.6 is 0 Å². The number of ether oxygens (including phenoxy) is 1. The zero-order valence-corrected chi connectivity index (χ0v) is 13.7. The Kier molecular flexibility index (Phi) is 5.05. The Morgan fingerprint density at radius 1 is 1.21 bits per heavy atom. The van der Waals surface area contributed by atoms with Crippen molar-refractivity contribution in [3.8, 4) is 17.1 Å². The Labute approximate surface area is 141 Å². The molecule has 1 aliphatic rings. The largest absolute Gasteiger partial charge is 0.480 e. The summed E-state index contributed by atoms with van der Waals surface area (Å²) in [5.74, 6) is 0.437. The molecule has 0 spiro atoms. The summed E-state index contributed by atoms with van der Waals surface area (Å²) in [5.41, 5.74) is 2.24. The number of aliphatic hydroxyl groups is 1. The summed E-state index contributed by atoms with van der Waals surface area (Å²) in [7, 11) is 1.55. The number of rotatable bonds is 4. The number of aliphatic hydroxyl groups excluding tert-OH is 1. The molecule has 1 saturated heterocycles. The highest BCUT2D eigenvalue weighted by Gasteiger charge is 2.26. The van der Waals surface area contributed by atoms with Crippen LogP contribution in [0.25, 0.3) is 11.3 Å². The van der Waals surface area contributed by atoms with Crippen LogP contribution in [0.1, 0.15) is 29.6 Å². The molecular weight excluding hydrogens is 306 g/mol. The van der Waals surface area contributed by atoms with Gasteiger partial charge < -0.3 is 14.7 Å². The minimum Gasteiger partial charge on any atom is -0.480 e. The second-order valence-corrected chi connectivity index (χ2v) is 5.87. The molecule has 2 heterocycles. The van der Waals surface area contributed by atoms with Crippen LogP contribution in [0.2, 0.25) is 0 Å². The summed E-state index contributed by atoms with van der Waals surface area (Å²) < 4.78 is 5.00. The number of carbonyl (C=O) groups is 1. The quantitative estimate of drug-likeness (QED) is 0.931. The Morgan fingerprint density at radius 2 is 2.00 bits per heavy atom. The first-order valence-electron chi connectivity index (χ1n) is 8.13. The molecule has 1 N–H and O–H groups in total. The summed E-state index contributed by atoms with van der Waals surface area (Å²) in [6, 6.07) is 10.8. The topological polar surface area (TPSA) is 75.5 Å². The third kappa shape index (κ3) is 3.38. The van der Waals surface area contributed by atoms with E-state index in [1.54, 1.807) is 30.2 Å². The van der Waals surface area contributed by atoms with Crippen LogP contribution in [-0.4, -0.2) is 52.4 Å². The van der Waals surface area contributed by atoms with Gasteiger partial charge in [-0.05, 0) is 37.5 Å². The van der Waals surface area contributed by atoms with E-state index in [1.807, 2.05) is 18.2 Å². The summed E-state index contributed by atoms with van der Waals surface area (Å²) in [6.07, 6.45) is 2.91. The minimum atomic E-state index is -0.0709. The second kappa shape index (κ2) is 7.40. The van der Waals surface area contributed by atoms with E-state index in [4.69, 9.17) is 4.74 Å². The van der Waals surface area contributed by atoms with Crippen LogP contribution in [0.15, 0.2) is 36.4 Å². The number of hydrogen-bond acceptors (Lipinski definition) is 5. The van der Waals surface area contributed by atoms with Crippen molar-refractivity contribution in [2.24, 2.45) is 0 Å². The maximum absolute atomic E-state index is 12.7. The number of hydrogen-bond donors (Lipinski definition) is 1. The highest BCUT2D eigenvalue weighted by molar-refractivity contribution is 5.95. The Bertz CT molecular complexity index is 686. The third-order valence-corrected chi connectivity index (χ3v) is 4.38. The Hall–Kier alpha value is -2.47. The van der Waals surface area contributed by atoms with Gasteiger partial charge in [0.1, 0.15) is 0 Å². The summed E-state index contributed by atoms with van der Waals surface area (Å²) in [5, 5.41) is 17.5. The second-order valence-electron chi connectivity index (χ2n) is 5.87. The zero-order chi connectivity index (χ0) is 16.9. The van der Waals surface area contributed by atoms with Gasteiger partial charge in [0.15, 0.2) is 0 Å². The Morgan fingerprint density at radius 3 is 2.62 bits per heavy atom. The van der Waals surface area contributed by atoms with Gasteiger partial charge in [-0.1, -0.05) is 12.1 Å². The van der Waals surface area contributed by atoms with Crippen molar-refractivity contribution in [2.45, 2.75) is 25.3 Å². The van der Waals surface area contributed by atoms with Gasteiger partial charge in [-0.2, -0.15) is 0 Å². The number of benzene rings is 1. The standard InChI is InChI=1S/C18H21N3O3/c1-24-17-10-9-16(19-20-17)13-5-7-14(8-6-13)18(23)21-11-3-2-4-15(21)12-22/h5-10,15,22H,2-4,11-12H2,1H3/t15-/m1/s1. The summed E-state index contributed by atoms with van der Waals surface area (Å²) >= 11 is 0. The molecule has 2 aromatic rings.